The number of hydrogen-bond acceptors (Lipinski definition) is 3. The van der Waals surface area contributed by atoms with Gasteiger partial charge in [0.25, 0.3) is 0 Å². The predicted molar refractivity (Wildman–Crippen MR) is 74.3 cm³/mol. The van der Waals surface area contributed by atoms with E-state index in [1.807, 2.05) is 43.3 Å². The van der Waals surface area contributed by atoms with Gasteiger partial charge in [-0.05, 0) is 46.6 Å². The fourth-order valence-electron chi connectivity index (χ4n) is 1.57. The standard InChI is InChI=1S/C13H14BrN3/c1-9-11(14)6-7-13(16-9)17-12-5-3-2-4-10(12)8-15/h2-7H,8,15H2,1H3,(H,16,17). The Bertz CT molecular complexity index is 526. The smallest absolute Gasteiger partial charge is 0.130 e. The maximum atomic E-state index is 5.69. The summed E-state index contributed by atoms with van der Waals surface area (Å²) >= 11 is 3.43. The zero-order chi connectivity index (χ0) is 12.3. The number of nitrogens with two attached hydrogens (primary N) is 1. The molecule has 17 heavy (non-hydrogen) atoms. The van der Waals surface area contributed by atoms with Gasteiger partial charge in [-0.15, -0.1) is 0 Å². The van der Waals surface area contributed by atoms with Gasteiger partial charge in [0.15, 0.2) is 0 Å². The summed E-state index contributed by atoms with van der Waals surface area (Å²) in [5, 5.41) is 3.28. The Hall–Kier alpha value is -1.39. The molecule has 0 amide bonds. The van der Waals surface area contributed by atoms with Crippen LogP contribution in [0, 0.1) is 6.92 Å². The van der Waals surface area contributed by atoms with Crippen LogP contribution in [0.4, 0.5) is 11.5 Å². The van der Waals surface area contributed by atoms with Crippen molar-refractivity contribution in [3.8, 4) is 0 Å². The third kappa shape index (κ3) is 2.84. The van der Waals surface area contributed by atoms with E-state index in [-0.39, 0.29) is 0 Å². The van der Waals surface area contributed by atoms with Crippen LogP contribution in [0.15, 0.2) is 40.9 Å². The molecule has 3 nitrogen and oxygen atoms in total. The Balaban J connectivity index is 2.28. The summed E-state index contributed by atoms with van der Waals surface area (Å²) in [5.41, 5.74) is 8.73. The van der Waals surface area contributed by atoms with E-state index in [1.54, 1.807) is 0 Å². The van der Waals surface area contributed by atoms with Crippen LogP contribution in [-0.2, 0) is 6.54 Å². The van der Waals surface area contributed by atoms with E-state index in [2.05, 4.69) is 26.2 Å². The second kappa shape index (κ2) is 5.29. The van der Waals surface area contributed by atoms with Gasteiger partial charge in [0.2, 0.25) is 0 Å². The molecule has 0 bridgehead atoms. The number of benzene rings is 1. The van der Waals surface area contributed by atoms with E-state index in [4.69, 9.17) is 5.73 Å². The normalized spacial score (nSPS) is 10.3. The lowest BCUT2D eigenvalue weighted by molar-refractivity contribution is 1.07. The zero-order valence-electron chi connectivity index (χ0n) is 9.57. The van der Waals surface area contributed by atoms with Gasteiger partial charge in [-0.3, -0.25) is 0 Å². The molecule has 0 aliphatic heterocycles. The molecule has 0 aliphatic rings. The minimum Gasteiger partial charge on any atom is -0.340 e. The first kappa shape index (κ1) is 12.1. The zero-order valence-corrected chi connectivity index (χ0v) is 11.2. The van der Waals surface area contributed by atoms with Gasteiger partial charge >= 0.3 is 0 Å². The average Bonchev–Trinajstić information content (AvgIpc) is 2.34. The molecule has 0 unspecified atom stereocenters. The number of pyridine rings is 1. The van der Waals surface area contributed by atoms with Crippen molar-refractivity contribution in [1.82, 2.24) is 4.98 Å². The highest BCUT2D eigenvalue weighted by Gasteiger charge is 2.02. The molecular weight excluding hydrogens is 278 g/mol. The molecule has 0 fully saturated rings. The molecule has 1 aromatic heterocycles. The van der Waals surface area contributed by atoms with Crippen molar-refractivity contribution in [3.63, 3.8) is 0 Å². The van der Waals surface area contributed by atoms with Crippen molar-refractivity contribution in [2.24, 2.45) is 5.73 Å². The van der Waals surface area contributed by atoms with Gasteiger partial charge in [0, 0.05) is 16.7 Å². The van der Waals surface area contributed by atoms with E-state index in [1.165, 1.54) is 0 Å². The molecule has 2 aromatic rings. The summed E-state index contributed by atoms with van der Waals surface area (Å²) in [4.78, 5) is 4.44. The highest BCUT2D eigenvalue weighted by molar-refractivity contribution is 9.10. The van der Waals surface area contributed by atoms with Crippen LogP contribution in [-0.4, -0.2) is 4.98 Å². The van der Waals surface area contributed by atoms with Gasteiger partial charge in [-0.25, -0.2) is 4.98 Å². The third-order valence-corrected chi connectivity index (χ3v) is 3.36. The van der Waals surface area contributed by atoms with Crippen LogP contribution >= 0.6 is 15.9 Å². The SMILES string of the molecule is Cc1nc(Nc2ccccc2CN)ccc1Br. The fraction of sp³-hybridized carbons (Fsp3) is 0.154. The van der Waals surface area contributed by atoms with Crippen molar-refractivity contribution >= 4 is 27.4 Å². The largest absolute Gasteiger partial charge is 0.340 e. The fourth-order valence-corrected chi connectivity index (χ4v) is 1.79. The van der Waals surface area contributed by atoms with E-state index < -0.39 is 0 Å². The molecule has 1 aromatic carbocycles. The quantitative estimate of drug-likeness (QED) is 0.912. The van der Waals surface area contributed by atoms with E-state index in [9.17, 15) is 0 Å². The number of para-hydroxylation sites is 1. The summed E-state index contributed by atoms with van der Waals surface area (Å²) in [6, 6.07) is 11.9. The summed E-state index contributed by atoms with van der Waals surface area (Å²) in [6.07, 6.45) is 0. The Morgan fingerprint density at radius 1 is 1.24 bits per heavy atom. The number of halogens is 1. The summed E-state index contributed by atoms with van der Waals surface area (Å²) in [5.74, 6) is 0.826. The van der Waals surface area contributed by atoms with Gasteiger partial charge in [-0.2, -0.15) is 0 Å². The second-order valence-electron chi connectivity index (χ2n) is 3.75. The van der Waals surface area contributed by atoms with E-state index >= 15 is 0 Å². The topological polar surface area (TPSA) is 50.9 Å². The van der Waals surface area contributed by atoms with Crippen molar-refractivity contribution in [2.45, 2.75) is 13.5 Å². The maximum absolute atomic E-state index is 5.69. The summed E-state index contributed by atoms with van der Waals surface area (Å²) in [7, 11) is 0. The highest BCUT2D eigenvalue weighted by atomic mass is 79.9. The minimum atomic E-state index is 0.513. The Labute approximate surface area is 109 Å². The molecular formula is C13H14BrN3. The number of nitrogens with one attached hydrogen (secondary N) is 1. The number of aryl methyl sites for hydroxylation is 1. The van der Waals surface area contributed by atoms with Gasteiger partial charge < -0.3 is 11.1 Å². The molecule has 0 saturated heterocycles. The lowest BCUT2D eigenvalue weighted by Crippen LogP contribution is -2.02. The van der Waals surface area contributed by atoms with Gasteiger partial charge in [-0.1, -0.05) is 18.2 Å². The van der Waals surface area contributed by atoms with Crippen molar-refractivity contribution in [1.29, 1.82) is 0 Å². The molecule has 2 rings (SSSR count). The maximum Gasteiger partial charge on any atom is 0.130 e. The lowest BCUT2D eigenvalue weighted by atomic mass is 10.2. The Kier molecular flexibility index (Phi) is 3.76. The van der Waals surface area contributed by atoms with Crippen LogP contribution < -0.4 is 11.1 Å². The molecule has 4 heteroatoms. The summed E-state index contributed by atoms with van der Waals surface area (Å²) in [6.45, 7) is 2.47. The number of aromatic nitrogens is 1. The molecule has 0 atom stereocenters. The number of nitrogens with zero attached hydrogens (tertiary/aromatic N) is 1. The van der Waals surface area contributed by atoms with Crippen LogP contribution in [0.5, 0.6) is 0 Å². The molecule has 1 heterocycles. The van der Waals surface area contributed by atoms with Gasteiger partial charge in [0.05, 0.1) is 5.69 Å². The number of hydrogen-bond donors (Lipinski definition) is 2. The third-order valence-electron chi connectivity index (χ3n) is 2.52. The minimum absolute atomic E-state index is 0.513. The molecule has 0 saturated carbocycles. The van der Waals surface area contributed by atoms with Gasteiger partial charge in [0.1, 0.15) is 5.82 Å². The molecule has 0 spiro atoms. The van der Waals surface area contributed by atoms with E-state index in [0.29, 0.717) is 6.54 Å². The predicted octanol–water partition coefficient (Wildman–Crippen LogP) is 3.35. The van der Waals surface area contributed by atoms with Crippen LogP contribution in [0.25, 0.3) is 0 Å². The summed E-state index contributed by atoms with van der Waals surface area (Å²) < 4.78 is 1.01. The van der Waals surface area contributed by atoms with Crippen LogP contribution in [0.2, 0.25) is 0 Å². The first-order valence-electron chi connectivity index (χ1n) is 5.39. The molecule has 3 N–H and O–H groups in total. The molecule has 0 aliphatic carbocycles. The van der Waals surface area contributed by atoms with Crippen LogP contribution in [0.3, 0.4) is 0 Å². The Morgan fingerprint density at radius 3 is 2.71 bits per heavy atom. The second-order valence-corrected chi connectivity index (χ2v) is 4.60. The van der Waals surface area contributed by atoms with Crippen molar-refractivity contribution < 1.29 is 0 Å². The van der Waals surface area contributed by atoms with E-state index in [0.717, 1.165) is 27.2 Å². The Morgan fingerprint density at radius 2 is 2.00 bits per heavy atom. The molecule has 0 radical (unpaired) electrons. The van der Waals surface area contributed by atoms with Crippen molar-refractivity contribution in [2.75, 3.05) is 5.32 Å². The van der Waals surface area contributed by atoms with Crippen LogP contribution in [0.1, 0.15) is 11.3 Å². The van der Waals surface area contributed by atoms with Crippen molar-refractivity contribution in [3.05, 3.63) is 52.1 Å². The molecule has 88 valence electrons. The monoisotopic (exact) mass is 291 g/mol. The average molecular weight is 292 g/mol. The first-order valence-corrected chi connectivity index (χ1v) is 6.18. The lowest BCUT2D eigenvalue weighted by Gasteiger charge is -2.10. The number of rotatable bonds is 3. The highest BCUT2D eigenvalue weighted by Crippen LogP contribution is 2.21. The number of anilines is 2. The first-order chi connectivity index (χ1) is 8.20.